The molecule has 19 heavy (non-hydrogen) atoms. The molecule has 1 aromatic heterocycles. The van der Waals surface area contributed by atoms with Gasteiger partial charge in [0, 0.05) is 0 Å². The third-order valence-corrected chi connectivity index (χ3v) is 3.01. The second kappa shape index (κ2) is 5.50. The second-order valence-corrected chi connectivity index (χ2v) is 4.61. The summed E-state index contributed by atoms with van der Waals surface area (Å²) in [5.41, 5.74) is 6.83. The normalized spacial score (nSPS) is 9.42. The van der Waals surface area contributed by atoms with E-state index in [0.717, 1.165) is 0 Å². The number of ether oxygens (including phenoxy) is 1. The summed E-state index contributed by atoms with van der Waals surface area (Å²) < 4.78 is 6.18. The van der Waals surface area contributed by atoms with Gasteiger partial charge in [0.25, 0.3) is 5.88 Å². The molecule has 92 valence electrons. The van der Waals surface area contributed by atoms with Gasteiger partial charge in [-0.25, -0.2) is 0 Å². The van der Waals surface area contributed by atoms with Crippen molar-refractivity contribution in [3.8, 4) is 23.8 Å². The van der Waals surface area contributed by atoms with Crippen molar-refractivity contribution in [2.75, 3.05) is 5.73 Å². The molecule has 0 aliphatic heterocycles. The van der Waals surface area contributed by atoms with Gasteiger partial charge in [0.1, 0.15) is 11.6 Å². The van der Waals surface area contributed by atoms with Crippen LogP contribution < -0.4 is 10.5 Å². The highest BCUT2D eigenvalue weighted by molar-refractivity contribution is 14.1. The molecule has 2 rings (SSSR count). The molecule has 0 unspecified atom stereocenters. The summed E-state index contributed by atoms with van der Waals surface area (Å²) in [6.45, 7) is 0. The van der Waals surface area contributed by atoms with Gasteiger partial charge in [-0.1, -0.05) is 0 Å². The number of nitriles is 2. The molecule has 0 radical (unpaired) electrons. The van der Waals surface area contributed by atoms with Crippen LogP contribution >= 0.6 is 22.6 Å². The van der Waals surface area contributed by atoms with Crippen LogP contribution in [0.4, 0.5) is 5.69 Å². The lowest BCUT2D eigenvalue weighted by Gasteiger charge is -2.10. The fourth-order valence-corrected chi connectivity index (χ4v) is 2.12. The minimum atomic E-state index is 0.0827. The number of nitrogens with two attached hydrogens (primary N) is 1. The number of benzene rings is 1. The average molecular weight is 363 g/mol. The molecule has 6 nitrogen and oxygen atoms in total. The van der Waals surface area contributed by atoms with Crippen molar-refractivity contribution >= 4 is 28.3 Å². The monoisotopic (exact) mass is 363 g/mol. The van der Waals surface area contributed by atoms with Crippen LogP contribution in [0.1, 0.15) is 11.1 Å². The number of nitrogen functional groups attached to an aromatic ring is 1. The van der Waals surface area contributed by atoms with Gasteiger partial charge in [-0.3, -0.25) is 0 Å². The lowest BCUT2D eigenvalue weighted by Crippen LogP contribution is -1.99. The summed E-state index contributed by atoms with van der Waals surface area (Å²) in [7, 11) is 0. The van der Waals surface area contributed by atoms with Crippen molar-refractivity contribution in [3.63, 3.8) is 0 Å². The number of hydrogen-bond acceptors (Lipinski definition) is 6. The number of halogens is 1. The van der Waals surface area contributed by atoms with Crippen LogP contribution in [-0.2, 0) is 0 Å². The average Bonchev–Trinajstić information content (AvgIpc) is 2.43. The molecule has 2 N–H and O–H groups in total. The van der Waals surface area contributed by atoms with Crippen LogP contribution in [0.3, 0.4) is 0 Å². The van der Waals surface area contributed by atoms with Gasteiger partial charge < -0.3 is 10.5 Å². The Kier molecular flexibility index (Phi) is 3.78. The number of aromatic nitrogens is 2. The number of rotatable bonds is 2. The smallest absolute Gasteiger partial charge is 0.257 e. The van der Waals surface area contributed by atoms with Crippen LogP contribution in [0.25, 0.3) is 0 Å². The first-order chi connectivity index (χ1) is 9.15. The topological polar surface area (TPSA) is 109 Å². The molecule has 0 atom stereocenters. The Morgan fingerprint density at radius 3 is 2.68 bits per heavy atom. The number of anilines is 1. The molecule has 0 aliphatic rings. The van der Waals surface area contributed by atoms with Gasteiger partial charge in [0.15, 0.2) is 5.75 Å². The van der Waals surface area contributed by atoms with Crippen LogP contribution in [0.15, 0.2) is 24.4 Å². The molecule has 0 saturated heterocycles. The summed E-state index contributed by atoms with van der Waals surface area (Å²) in [6.07, 6.45) is 1.40. The minimum Gasteiger partial charge on any atom is -0.433 e. The Balaban J connectivity index is 2.45. The first-order valence-electron chi connectivity index (χ1n) is 5.04. The molecule has 0 fully saturated rings. The van der Waals surface area contributed by atoms with E-state index in [4.69, 9.17) is 21.0 Å². The zero-order valence-electron chi connectivity index (χ0n) is 9.46. The Labute approximate surface area is 122 Å². The summed E-state index contributed by atoms with van der Waals surface area (Å²) in [5, 5.41) is 25.2. The molecule has 0 aliphatic carbocycles. The molecule has 0 spiro atoms. The fourth-order valence-electron chi connectivity index (χ4n) is 1.36. The zero-order chi connectivity index (χ0) is 13.8. The van der Waals surface area contributed by atoms with Gasteiger partial charge in [0.05, 0.1) is 27.1 Å². The van der Waals surface area contributed by atoms with Crippen LogP contribution in [0.2, 0.25) is 0 Å². The third kappa shape index (κ3) is 2.72. The highest BCUT2D eigenvalue weighted by atomic mass is 127. The Morgan fingerprint density at radius 1 is 1.26 bits per heavy atom. The maximum absolute atomic E-state index is 8.94. The summed E-state index contributed by atoms with van der Waals surface area (Å²) in [5.74, 6) is 0.441. The highest BCUT2D eigenvalue weighted by Gasteiger charge is 2.13. The second-order valence-electron chi connectivity index (χ2n) is 3.45. The minimum absolute atomic E-state index is 0.0827. The largest absolute Gasteiger partial charge is 0.433 e. The summed E-state index contributed by atoms with van der Waals surface area (Å²) in [4.78, 5) is 0. The van der Waals surface area contributed by atoms with Gasteiger partial charge in [-0.05, 0) is 40.8 Å². The molecular weight excluding hydrogens is 357 g/mol. The predicted octanol–water partition coefficient (Wildman–Crippen LogP) is 2.20. The lowest BCUT2D eigenvalue weighted by atomic mass is 10.2. The van der Waals surface area contributed by atoms with E-state index in [1.54, 1.807) is 6.07 Å². The van der Waals surface area contributed by atoms with E-state index >= 15 is 0 Å². The molecule has 1 heterocycles. The lowest BCUT2D eigenvalue weighted by molar-refractivity contribution is 0.452. The summed E-state index contributed by atoms with van der Waals surface area (Å²) in [6, 6.07) is 8.58. The molecule has 1 aromatic carbocycles. The van der Waals surface area contributed by atoms with E-state index in [1.807, 2.05) is 34.7 Å². The van der Waals surface area contributed by atoms with Crippen molar-refractivity contribution in [1.29, 1.82) is 10.5 Å². The Hall–Kier alpha value is -2.39. The van der Waals surface area contributed by atoms with Crippen LogP contribution in [0.5, 0.6) is 11.6 Å². The van der Waals surface area contributed by atoms with Crippen molar-refractivity contribution in [2.45, 2.75) is 0 Å². The standard InChI is InChI=1S/C12H6IN5O/c13-9-3-7(5-14)4-10(16)11(9)19-12-8(6-15)1-2-17-18-12/h1-4H,16H2. The maximum Gasteiger partial charge on any atom is 0.257 e. The molecule has 2 aromatic rings. The van der Waals surface area contributed by atoms with Crippen LogP contribution in [-0.4, -0.2) is 10.2 Å². The SMILES string of the molecule is N#Cc1cc(N)c(Oc2nnccc2C#N)c(I)c1. The maximum atomic E-state index is 8.94. The first kappa shape index (κ1) is 13.1. The number of nitrogens with zero attached hydrogens (tertiary/aromatic N) is 4. The molecular formula is C12H6IN5O. The Bertz CT molecular complexity index is 694. The van der Waals surface area contributed by atoms with E-state index in [2.05, 4.69) is 10.2 Å². The molecule has 0 amide bonds. The zero-order valence-corrected chi connectivity index (χ0v) is 11.6. The van der Waals surface area contributed by atoms with Gasteiger partial charge in [-0.2, -0.15) is 15.6 Å². The van der Waals surface area contributed by atoms with Crippen molar-refractivity contribution < 1.29 is 4.74 Å². The quantitative estimate of drug-likeness (QED) is 0.647. The van der Waals surface area contributed by atoms with Crippen molar-refractivity contribution in [3.05, 3.63) is 39.1 Å². The molecule has 0 saturated carbocycles. The van der Waals surface area contributed by atoms with Crippen molar-refractivity contribution in [2.24, 2.45) is 0 Å². The van der Waals surface area contributed by atoms with E-state index in [-0.39, 0.29) is 11.4 Å². The molecule has 0 bridgehead atoms. The highest BCUT2D eigenvalue weighted by Crippen LogP contribution is 2.33. The number of hydrogen-bond donors (Lipinski definition) is 1. The predicted molar refractivity (Wildman–Crippen MR) is 75.1 cm³/mol. The van der Waals surface area contributed by atoms with E-state index < -0.39 is 0 Å². The van der Waals surface area contributed by atoms with Gasteiger partial charge in [-0.15, -0.1) is 5.10 Å². The molecule has 7 heteroatoms. The van der Waals surface area contributed by atoms with E-state index in [0.29, 0.717) is 20.6 Å². The first-order valence-corrected chi connectivity index (χ1v) is 6.12. The van der Waals surface area contributed by atoms with E-state index in [1.165, 1.54) is 18.3 Å². The summed E-state index contributed by atoms with van der Waals surface area (Å²) >= 11 is 2.00. The van der Waals surface area contributed by atoms with Gasteiger partial charge >= 0.3 is 0 Å². The Morgan fingerprint density at radius 2 is 2.05 bits per heavy atom. The van der Waals surface area contributed by atoms with E-state index in [9.17, 15) is 0 Å². The van der Waals surface area contributed by atoms with Gasteiger partial charge in [0.2, 0.25) is 0 Å². The van der Waals surface area contributed by atoms with Crippen LogP contribution in [0, 0.1) is 26.2 Å². The fraction of sp³-hybridized carbons (Fsp3) is 0. The van der Waals surface area contributed by atoms with Crippen molar-refractivity contribution in [1.82, 2.24) is 10.2 Å². The third-order valence-electron chi connectivity index (χ3n) is 2.21.